The number of hydrogen-bond acceptors (Lipinski definition) is 3. The van der Waals surface area contributed by atoms with E-state index in [4.69, 9.17) is 14.9 Å². The summed E-state index contributed by atoms with van der Waals surface area (Å²) in [5, 5.41) is 17.5. The molecule has 0 saturated carbocycles. The normalized spacial score (nSPS) is 11.0. The van der Waals surface area contributed by atoms with Crippen LogP contribution in [-0.2, 0) is 4.79 Å². The number of benzene rings is 2. The molecule has 0 aliphatic rings. The van der Waals surface area contributed by atoms with Crippen LogP contribution in [0.15, 0.2) is 60.7 Å². The highest BCUT2D eigenvalue weighted by atomic mass is 16.5. The summed E-state index contributed by atoms with van der Waals surface area (Å²) < 4.78 is 5.81. The van der Waals surface area contributed by atoms with Crippen LogP contribution < -0.4 is 4.74 Å². The van der Waals surface area contributed by atoms with E-state index in [0.717, 1.165) is 49.2 Å². The minimum atomic E-state index is -0.902. The lowest BCUT2D eigenvalue weighted by molar-refractivity contribution is -0.137. The molecule has 270 valence electrons. The number of carboxylic acids is 2. The van der Waals surface area contributed by atoms with E-state index in [1.54, 1.807) is 12.1 Å². The number of rotatable bonds is 29. The number of carboxylic acid groups (broad SMARTS) is 2. The molecule has 0 spiro atoms. The molecule has 0 aliphatic carbocycles. The molecule has 2 aromatic rings. The zero-order chi connectivity index (χ0) is 34.9. The number of allylic oxidation sites excluding steroid dienone is 2. The Morgan fingerprint density at radius 3 is 1.35 bits per heavy atom. The number of unbranched alkanes of at least 4 members (excludes halogenated alkanes) is 20. The van der Waals surface area contributed by atoms with Crippen molar-refractivity contribution in [1.82, 2.24) is 0 Å². The lowest BCUT2D eigenvalue weighted by Gasteiger charge is -2.08. The first-order chi connectivity index (χ1) is 23.5. The van der Waals surface area contributed by atoms with Gasteiger partial charge >= 0.3 is 11.9 Å². The topological polar surface area (TPSA) is 83.8 Å². The monoisotopic (exact) mass is 665 g/mol. The van der Waals surface area contributed by atoms with E-state index >= 15 is 0 Å². The van der Waals surface area contributed by atoms with Crippen LogP contribution >= 0.6 is 0 Å². The highest BCUT2D eigenvalue weighted by Crippen LogP contribution is 2.23. The maximum absolute atomic E-state index is 10.9. The molecular weight excluding hydrogens is 596 g/mol. The third-order valence-electron chi connectivity index (χ3n) is 8.74. The van der Waals surface area contributed by atoms with Gasteiger partial charge in [-0.1, -0.05) is 166 Å². The van der Waals surface area contributed by atoms with Gasteiger partial charge in [0.25, 0.3) is 0 Å². The number of aromatic carboxylic acids is 1. The summed E-state index contributed by atoms with van der Waals surface area (Å²) >= 11 is 0. The van der Waals surface area contributed by atoms with Crippen LogP contribution in [0.4, 0.5) is 0 Å². The smallest absolute Gasteiger partial charge is 0.335 e. The van der Waals surface area contributed by atoms with Crippen molar-refractivity contribution in [2.24, 2.45) is 0 Å². The van der Waals surface area contributed by atoms with Crippen LogP contribution in [0.5, 0.6) is 5.75 Å². The Bertz CT molecular complexity index is 1060. The van der Waals surface area contributed by atoms with E-state index in [2.05, 4.69) is 26.0 Å². The van der Waals surface area contributed by atoms with Crippen LogP contribution in [0.1, 0.15) is 178 Å². The third-order valence-corrected chi connectivity index (χ3v) is 8.74. The first kappa shape index (κ1) is 42.9. The lowest BCUT2D eigenvalue weighted by Crippen LogP contribution is -1.97. The van der Waals surface area contributed by atoms with E-state index in [-0.39, 0.29) is 0 Å². The predicted octanol–water partition coefficient (Wildman–Crippen LogP) is 13.5. The Hall–Kier alpha value is -3.08. The molecule has 0 bridgehead atoms. The fraction of sp³-hybridized carbons (Fsp3) is 0.628. The summed E-state index contributed by atoms with van der Waals surface area (Å²) in [7, 11) is 0. The molecule has 5 nitrogen and oxygen atoms in total. The summed E-state index contributed by atoms with van der Waals surface area (Å²) in [4.78, 5) is 21.2. The average Bonchev–Trinajstić information content (AvgIpc) is 3.09. The van der Waals surface area contributed by atoms with Crippen molar-refractivity contribution < 1.29 is 24.5 Å². The molecule has 2 aromatic carbocycles. The van der Waals surface area contributed by atoms with Crippen molar-refractivity contribution in [2.45, 2.75) is 168 Å². The van der Waals surface area contributed by atoms with Crippen molar-refractivity contribution in [3.63, 3.8) is 0 Å². The summed E-state index contributed by atoms with van der Waals surface area (Å²) in [6.45, 7) is 5.29. The molecule has 0 aromatic heterocycles. The molecule has 0 amide bonds. The maximum Gasteiger partial charge on any atom is 0.335 e. The van der Waals surface area contributed by atoms with Crippen molar-refractivity contribution in [3.8, 4) is 16.9 Å². The van der Waals surface area contributed by atoms with Gasteiger partial charge in [0.2, 0.25) is 0 Å². The fourth-order valence-corrected chi connectivity index (χ4v) is 5.68. The number of ether oxygens (including phenoxy) is 1. The van der Waals surface area contributed by atoms with Gasteiger partial charge in [0.15, 0.2) is 0 Å². The van der Waals surface area contributed by atoms with Crippen molar-refractivity contribution in [3.05, 3.63) is 66.2 Å². The quantitative estimate of drug-likeness (QED) is 0.0668. The molecule has 0 fully saturated rings. The molecule has 2 rings (SSSR count). The number of hydrogen-bond donors (Lipinski definition) is 2. The fourth-order valence-electron chi connectivity index (χ4n) is 5.68. The van der Waals surface area contributed by atoms with Gasteiger partial charge in [-0.25, -0.2) is 4.79 Å². The molecule has 0 aliphatic heterocycles. The van der Waals surface area contributed by atoms with Gasteiger partial charge in [-0.05, 0) is 67.5 Å². The molecular formula is C43H68O5. The molecule has 5 heteroatoms. The van der Waals surface area contributed by atoms with E-state index in [9.17, 15) is 9.59 Å². The molecule has 48 heavy (non-hydrogen) atoms. The molecule has 0 heterocycles. The molecule has 0 atom stereocenters. The van der Waals surface area contributed by atoms with Crippen LogP contribution in [-0.4, -0.2) is 28.8 Å². The van der Waals surface area contributed by atoms with Gasteiger partial charge in [0, 0.05) is 6.42 Å². The van der Waals surface area contributed by atoms with Crippen LogP contribution in [0.25, 0.3) is 11.1 Å². The van der Waals surface area contributed by atoms with E-state index in [1.807, 2.05) is 36.4 Å². The van der Waals surface area contributed by atoms with Crippen LogP contribution in [0.3, 0.4) is 0 Å². The van der Waals surface area contributed by atoms with Crippen molar-refractivity contribution in [2.75, 3.05) is 6.61 Å². The van der Waals surface area contributed by atoms with Crippen molar-refractivity contribution >= 4 is 11.9 Å². The Labute approximate surface area is 293 Å². The Kier molecular flexibility index (Phi) is 27.9. The summed E-state index contributed by atoms with van der Waals surface area (Å²) in [6, 6.07) is 14.9. The first-order valence-electron chi connectivity index (χ1n) is 19.4. The van der Waals surface area contributed by atoms with Gasteiger partial charge in [0.05, 0.1) is 12.2 Å². The van der Waals surface area contributed by atoms with Crippen molar-refractivity contribution in [1.29, 1.82) is 0 Å². The molecule has 0 radical (unpaired) electrons. The molecule has 2 N–H and O–H groups in total. The lowest BCUT2D eigenvalue weighted by atomic mass is 10.0. The minimum Gasteiger partial charge on any atom is -0.494 e. The zero-order valence-electron chi connectivity index (χ0n) is 30.6. The van der Waals surface area contributed by atoms with Gasteiger partial charge < -0.3 is 14.9 Å². The Morgan fingerprint density at radius 1 is 0.521 bits per heavy atom. The largest absolute Gasteiger partial charge is 0.494 e. The standard InChI is InChI=1S/C23H30O3.C20H38O2/c1-2-3-4-5-6-7-8-9-18-26-22-16-14-20(15-17-22)19-10-12-21(13-11-19)23(24)25;1-2-3-4-5-6-7-8-9-10-11-12-13-14-15-16-17-18-19-20(21)22/h10-17H,2-9,18H2,1H3,(H,24,25);15-16H,2-14,17-19H2,1H3,(H,21,22)/b;16-15-. The second kappa shape index (κ2) is 31.2. The second-order valence-corrected chi connectivity index (χ2v) is 13.2. The van der Waals surface area contributed by atoms with Crippen LogP contribution in [0.2, 0.25) is 0 Å². The van der Waals surface area contributed by atoms with E-state index in [0.29, 0.717) is 12.0 Å². The highest BCUT2D eigenvalue weighted by molar-refractivity contribution is 5.88. The average molecular weight is 665 g/mol. The summed E-state index contributed by atoms with van der Waals surface area (Å²) in [6.07, 6.45) is 34.6. The first-order valence-corrected chi connectivity index (χ1v) is 19.4. The van der Waals surface area contributed by atoms with Gasteiger partial charge in [-0.15, -0.1) is 0 Å². The minimum absolute atomic E-state index is 0.295. The van der Waals surface area contributed by atoms with E-state index < -0.39 is 11.9 Å². The predicted molar refractivity (Wildman–Crippen MR) is 203 cm³/mol. The summed E-state index contributed by atoms with van der Waals surface area (Å²) in [5.41, 5.74) is 2.37. The van der Waals surface area contributed by atoms with E-state index in [1.165, 1.54) is 122 Å². The van der Waals surface area contributed by atoms with Gasteiger partial charge in [-0.2, -0.15) is 0 Å². The van der Waals surface area contributed by atoms with Gasteiger partial charge in [0.1, 0.15) is 5.75 Å². The Balaban J connectivity index is 0.000000488. The van der Waals surface area contributed by atoms with Crippen LogP contribution in [0, 0.1) is 0 Å². The number of carbonyl (C=O) groups is 2. The summed E-state index contributed by atoms with van der Waals surface area (Å²) in [5.74, 6) is -0.700. The maximum atomic E-state index is 10.9. The highest BCUT2D eigenvalue weighted by Gasteiger charge is 2.04. The molecule has 0 unspecified atom stereocenters. The zero-order valence-corrected chi connectivity index (χ0v) is 30.6. The second-order valence-electron chi connectivity index (χ2n) is 13.2. The molecule has 0 saturated heterocycles. The number of aliphatic carboxylic acids is 1. The Morgan fingerprint density at radius 2 is 0.917 bits per heavy atom. The SMILES string of the molecule is CCCCCCCCCCCCCC/C=C\CCCC(=O)O.CCCCCCCCCCOc1ccc(-c2ccc(C(=O)O)cc2)cc1. The third kappa shape index (κ3) is 25.0. The van der Waals surface area contributed by atoms with Gasteiger partial charge in [-0.3, -0.25) is 4.79 Å².